The summed E-state index contributed by atoms with van der Waals surface area (Å²) in [6.07, 6.45) is 0. The Kier molecular flexibility index (Phi) is 3.61. The van der Waals surface area contributed by atoms with Crippen molar-refractivity contribution in [2.24, 2.45) is 11.8 Å². The number of benzene rings is 1. The van der Waals surface area contributed by atoms with Crippen molar-refractivity contribution in [1.82, 2.24) is 5.32 Å². The average Bonchev–Trinajstić information content (AvgIpc) is 2.64. The molecule has 0 aliphatic carbocycles. The van der Waals surface area contributed by atoms with E-state index < -0.39 is 0 Å². The van der Waals surface area contributed by atoms with Gasteiger partial charge in [0.1, 0.15) is 0 Å². The maximum Gasteiger partial charge on any atom is 0.229 e. The van der Waals surface area contributed by atoms with E-state index in [9.17, 15) is 4.79 Å². The van der Waals surface area contributed by atoms with Gasteiger partial charge in [-0.15, -0.1) is 0 Å². The number of nitrogens with one attached hydrogen (secondary N) is 2. The van der Waals surface area contributed by atoms with E-state index in [0.29, 0.717) is 5.92 Å². The molecule has 3 nitrogen and oxygen atoms in total. The number of amides is 1. The summed E-state index contributed by atoms with van der Waals surface area (Å²) in [4.78, 5) is 12.0. The van der Waals surface area contributed by atoms with Gasteiger partial charge in [-0.1, -0.05) is 28.9 Å². The summed E-state index contributed by atoms with van der Waals surface area (Å²) < 4.78 is 0.975. The highest BCUT2D eigenvalue weighted by Crippen LogP contribution is 2.20. The second kappa shape index (κ2) is 4.97. The van der Waals surface area contributed by atoms with Gasteiger partial charge in [0.25, 0.3) is 0 Å². The second-order valence-corrected chi connectivity index (χ2v) is 5.16. The summed E-state index contributed by atoms with van der Waals surface area (Å²) in [5, 5.41) is 6.18. The minimum Gasteiger partial charge on any atom is -0.326 e. The zero-order chi connectivity index (χ0) is 11.5. The molecule has 2 rings (SSSR count). The molecule has 1 fully saturated rings. The van der Waals surface area contributed by atoms with Crippen LogP contribution in [0, 0.1) is 11.8 Å². The molecule has 16 heavy (non-hydrogen) atoms. The molecular weight excluding hydrogens is 268 g/mol. The van der Waals surface area contributed by atoms with Crippen molar-refractivity contribution in [2.45, 2.75) is 6.92 Å². The van der Waals surface area contributed by atoms with Gasteiger partial charge in [-0.3, -0.25) is 4.79 Å². The Bertz CT molecular complexity index is 394. The molecule has 4 heteroatoms. The van der Waals surface area contributed by atoms with E-state index in [4.69, 9.17) is 0 Å². The Morgan fingerprint density at radius 3 is 2.94 bits per heavy atom. The minimum absolute atomic E-state index is 0.0824. The quantitative estimate of drug-likeness (QED) is 0.874. The van der Waals surface area contributed by atoms with E-state index in [2.05, 4.69) is 33.5 Å². The van der Waals surface area contributed by atoms with E-state index in [1.165, 1.54) is 0 Å². The number of hydrogen-bond donors (Lipinski definition) is 2. The van der Waals surface area contributed by atoms with Crippen LogP contribution < -0.4 is 10.6 Å². The van der Waals surface area contributed by atoms with Gasteiger partial charge in [0.15, 0.2) is 0 Å². The monoisotopic (exact) mass is 282 g/mol. The van der Waals surface area contributed by atoms with Crippen LogP contribution in [0.4, 0.5) is 5.69 Å². The highest BCUT2D eigenvalue weighted by molar-refractivity contribution is 9.10. The lowest BCUT2D eigenvalue weighted by atomic mass is 9.97. The van der Waals surface area contributed by atoms with Crippen molar-refractivity contribution in [3.63, 3.8) is 0 Å². The third kappa shape index (κ3) is 2.62. The predicted octanol–water partition coefficient (Wildman–Crippen LogP) is 2.24. The Balaban J connectivity index is 2.02. The topological polar surface area (TPSA) is 41.1 Å². The molecule has 1 aliphatic rings. The number of anilines is 1. The molecule has 2 unspecified atom stereocenters. The maximum atomic E-state index is 12.0. The summed E-state index contributed by atoms with van der Waals surface area (Å²) in [6, 6.07) is 7.66. The van der Waals surface area contributed by atoms with Gasteiger partial charge < -0.3 is 10.6 Å². The van der Waals surface area contributed by atoms with Crippen LogP contribution in [-0.2, 0) is 4.79 Å². The van der Waals surface area contributed by atoms with Gasteiger partial charge in [-0.05, 0) is 30.7 Å². The van der Waals surface area contributed by atoms with Gasteiger partial charge in [0, 0.05) is 16.7 Å². The summed E-state index contributed by atoms with van der Waals surface area (Å²) in [5.74, 6) is 0.599. The van der Waals surface area contributed by atoms with E-state index >= 15 is 0 Å². The Labute approximate surface area is 104 Å². The fraction of sp³-hybridized carbons (Fsp3) is 0.417. The standard InChI is InChI=1S/C12H15BrN2O/c1-8-6-14-7-11(8)12(16)15-10-4-2-3-9(13)5-10/h2-5,8,11,14H,6-7H2,1H3,(H,15,16). The lowest BCUT2D eigenvalue weighted by Crippen LogP contribution is -2.27. The van der Waals surface area contributed by atoms with Crippen molar-refractivity contribution in [1.29, 1.82) is 0 Å². The summed E-state index contributed by atoms with van der Waals surface area (Å²) in [6.45, 7) is 3.81. The van der Waals surface area contributed by atoms with Gasteiger partial charge in [0.05, 0.1) is 5.92 Å². The van der Waals surface area contributed by atoms with Crippen LogP contribution >= 0.6 is 15.9 Å². The lowest BCUT2D eigenvalue weighted by Gasteiger charge is -2.14. The molecular formula is C12H15BrN2O. The van der Waals surface area contributed by atoms with Crippen molar-refractivity contribution < 1.29 is 4.79 Å². The van der Waals surface area contributed by atoms with E-state index in [0.717, 1.165) is 23.2 Å². The zero-order valence-electron chi connectivity index (χ0n) is 9.16. The molecule has 1 aromatic rings. The van der Waals surface area contributed by atoms with Crippen molar-refractivity contribution in [3.05, 3.63) is 28.7 Å². The smallest absolute Gasteiger partial charge is 0.229 e. The molecule has 0 radical (unpaired) electrons. The van der Waals surface area contributed by atoms with E-state index in [1.807, 2.05) is 24.3 Å². The van der Waals surface area contributed by atoms with Crippen LogP contribution in [-0.4, -0.2) is 19.0 Å². The van der Waals surface area contributed by atoms with Crippen LogP contribution in [0.2, 0.25) is 0 Å². The fourth-order valence-electron chi connectivity index (χ4n) is 1.96. The molecule has 1 heterocycles. The van der Waals surface area contributed by atoms with Crippen LogP contribution in [0.5, 0.6) is 0 Å². The van der Waals surface area contributed by atoms with Crippen molar-refractivity contribution in [3.8, 4) is 0 Å². The SMILES string of the molecule is CC1CNCC1C(=O)Nc1cccc(Br)c1. The number of rotatable bonds is 2. The zero-order valence-corrected chi connectivity index (χ0v) is 10.8. The summed E-state index contributed by atoms with van der Waals surface area (Å²) in [5.41, 5.74) is 0.846. The second-order valence-electron chi connectivity index (χ2n) is 4.24. The molecule has 0 aromatic heterocycles. The first-order valence-corrected chi connectivity index (χ1v) is 6.23. The largest absolute Gasteiger partial charge is 0.326 e. The molecule has 0 saturated carbocycles. The van der Waals surface area contributed by atoms with Crippen molar-refractivity contribution in [2.75, 3.05) is 18.4 Å². The first-order valence-electron chi connectivity index (χ1n) is 5.44. The predicted molar refractivity (Wildman–Crippen MR) is 68.3 cm³/mol. The van der Waals surface area contributed by atoms with Crippen LogP contribution in [0.25, 0.3) is 0 Å². The molecule has 2 atom stereocenters. The number of hydrogen-bond acceptors (Lipinski definition) is 2. The number of halogens is 1. The highest BCUT2D eigenvalue weighted by atomic mass is 79.9. The van der Waals surface area contributed by atoms with Gasteiger partial charge >= 0.3 is 0 Å². The van der Waals surface area contributed by atoms with Crippen LogP contribution in [0.15, 0.2) is 28.7 Å². The third-order valence-electron chi connectivity index (χ3n) is 2.95. The van der Waals surface area contributed by atoms with E-state index in [-0.39, 0.29) is 11.8 Å². The molecule has 2 N–H and O–H groups in total. The maximum absolute atomic E-state index is 12.0. The Morgan fingerprint density at radius 1 is 1.50 bits per heavy atom. The first kappa shape index (κ1) is 11.6. The van der Waals surface area contributed by atoms with E-state index in [1.54, 1.807) is 0 Å². The summed E-state index contributed by atoms with van der Waals surface area (Å²) >= 11 is 3.38. The third-order valence-corrected chi connectivity index (χ3v) is 3.44. The lowest BCUT2D eigenvalue weighted by molar-refractivity contribution is -0.120. The molecule has 1 amide bonds. The Hall–Kier alpha value is -0.870. The Morgan fingerprint density at radius 2 is 2.31 bits per heavy atom. The highest BCUT2D eigenvalue weighted by Gasteiger charge is 2.29. The van der Waals surface area contributed by atoms with Gasteiger partial charge in [-0.25, -0.2) is 0 Å². The molecule has 0 bridgehead atoms. The number of carbonyl (C=O) groups excluding carboxylic acids is 1. The normalized spacial score (nSPS) is 24.4. The summed E-state index contributed by atoms with van der Waals surface area (Å²) in [7, 11) is 0. The molecule has 0 spiro atoms. The molecule has 1 aliphatic heterocycles. The molecule has 1 saturated heterocycles. The average molecular weight is 283 g/mol. The van der Waals surface area contributed by atoms with Crippen LogP contribution in [0.3, 0.4) is 0 Å². The number of carbonyl (C=O) groups is 1. The minimum atomic E-state index is 0.0824. The van der Waals surface area contributed by atoms with Gasteiger partial charge in [0.2, 0.25) is 5.91 Å². The fourth-order valence-corrected chi connectivity index (χ4v) is 2.36. The van der Waals surface area contributed by atoms with Crippen LogP contribution in [0.1, 0.15) is 6.92 Å². The first-order chi connectivity index (χ1) is 7.66. The van der Waals surface area contributed by atoms with Crippen molar-refractivity contribution >= 4 is 27.5 Å². The molecule has 86 valence electrons. The molecule has 1 aromatic carbocycles. The van der Waals surface area contributed by atoms with Gasteiger partial charge in [-0.2, -0.15) is 0 Å².